The Morgan fingerprint density at radius 1 is 1.24 bits per heavy atom. The fourth-order valence-corrected chi connectivity index (χ4v) is 2.86. The number of allylic oxidation sites excluding steroid dienone is 2. The van der Waals surface area contributed by atoms with Crippen molar-refractivity contribution in [1.82, 2.24) is 10.3 Å². The van der Waals surface area contributed by atoms with Crippen molar-refractivity contribution in [3.05, 3.63) is 35.7 Å². The third kappa shape index (κ3) is 4.56. The fourth-order valence-electron chi connectivity index (χ4n) is 2.86. The summed E-state index contributed by atoms with van der Waals surface area (Å²) < 4.78 is 11.6. The van der Waals surface area contributed by atoms with Crippen LogP contribution in [0.5, 0.6) is 11.6 Å². The van der Waals surface area contributed by atoms with Crippen LogP contribution < -0.4 is 14.8 Å². The van der Waals surface area contributed by atoms with Crippen LogP contribution in [-0.2, 0) is 6.42 Å². The molecular formula is C21H31N2O2. The molecule has 0 saturated heterocycles. The number of nitrogens with zero attached hydrogens (tertiary/aromatic N) is 1. The van der Waals surface area contributed by atoms with Gasteiger partial charge in [0.2, 0.25) is 0 Å². The second-order valence-corrected chi connectivity index (χ2v) is 6.73. The van der Waals surface area contributed by atoms with Gasteiger partial charge in [-0.05, 0) is 36.8 Å². The Morgan fingerprint density at radius 3 is 2.44 bits per heavy atom. The van der Waals surface area contributed by atoms with E-state index in [2.05, 4.69) is 64.4 Å². The summed E-state index contributed by atoms with van der Waals surface area (Å²) in [5.41, 5.74) is 3.00. The van der Waals surface area contributed by atoms with Crippen LogP contribution in [0.15, 0.2) is 18.2 Å². The molecule has 0 aromatic carbocycles. The molecule has 137 valence electrons. The van der Waals surface area contributed by atoms with Crippen LogP contribution >= 0.6 is 0 Å². The van der Waals surface area contributed by atoms with Crippen molar-refractivity contribution in [3.8, 4) is 11.6 Å². The minimum absolute atomic E-state index is 0.181. The summed E-state index contributed by atoms with van der Waals surface area (Å²) in [4.78, 5) is 4.74. The summed E-state index contributed by atoms with van der Waals surface area (Å²) >= 11 is 0. The van der Waals surface area contributed by atoms with Gasteiger partial charge in [-0.25, -0.2) is 4.98 Å². The molecule has 4 nitrogen and oxygen atoms in total. The van der Waals surface area contributed by atoms with Gasteiger partial charge in [0, 0.05) is 11.6 Å². The van der Waals surface area contributed by atoms with E-state index in [4.69, 9.17) is 14.5 Å². The Hall–Kier alpha value is -1.97. The molecular weight excluding hydrogens is 312 g/mol. The number of aromatic nitrogens is 1. The van der Waals surface area contributed by atoms with Crippen molar-refractivity contribution in [2.45, 2.75) is 66.0 Å². The molecule has 1 aliphatic rings. The third-order valence-electron chi connectivity index (χ3n) is 4.63. The van der Waals surface area contributed by atoms with Gasteiger partial charge < -0.3 is 14.8 Å². The van der Waals surface area contributed by atoms with E-state index in [0.717, 1.165) is 41.8 Å². The molecule has 0 fully saturated rings. The molecule has 0 spiro atoms. The predicted molar refractivity (Wildman–Crippen MR) is 103 cm³/mol. The molecule has 1 radical (unpaired) electrons. The third-order valence-corrected chi connectivity index (χ3v) is 4.63. The molecule has 25 heavy (non-hydrogen) atoms. The zero-order valence-electron chi connectivity index (χ0n) is 16.3. The van der Waals surface area contributed by atoms with Crippen LogP contribution in [0.3, 0.4) is 0 Å². The molecule has 1 unspecified atom stereocenters. The summed E-state index contributed by atoms with van der Waals surface area (Å²) in [6, 6.07) is 2.38. The molecule has 2 rings (SSSR count). The number of hydrogen-bond acceptors (Lipinski definition) is 4. The Balaban J connectivity index is 2.35. The molecule has 1 atom stereocenters. The van der Waals surface area contributed by atoms with Gasteiger partial charge in [0.1, 0.15) is 0 Å². The lowest BCUT2D eigenvalue weighted by Gasteiger charge is -2.23. The van der Waals surface area contributed by atoms with E-state index in [9.17, 15) is 0 Å². The first-order valence-corrected chi connectivity index (χ1v) is 9.35. The van der Waals surface area contributed by atoms with Gasteiger partial charge in [-0.2, -0.15) is 0 Å². The van der Waals surface area contributed by atoms with Gasteiger partial charge in [0.15, 0.2) is 5.75 Å². The lowest BCUT2D eigenvalue weighted by atomic mass is 9.97. The first-order valence-electron chi connectivity index (χ1n) is 9.35. The zero-order valence-corrected chi connectivity index (χ0v) is 16.3. The summed E-state index contributed by atoms with van der Waals surface area (Å²) in [6.45, 7) is 10.8. The number of dihydropyridines is 1. The maximum atomic E-state index is 6.12. The lowest BCUT2D eigenvalue weighted by molar-refractivity contribution is 0.183. The quantitative estimate of drug-likeness (QED) is 0.752. The molecule has 1 aromatic rings. The maximum Gasteiger partial charge on any atom is 0.257 e. The zero-order chi connectivity index (χ0) is 18.4. The van der Waals surface area contributed by atoms with Crippen LogP contribution in [0, 0.1) is 12.1 Å². The first kappa shape index (κ1) is 19.4. The first-order chi connectivity index (χ1) is 12.0. The topological polar surface area (TPSA) is 43.4 Å². The molecule has 1 N–H and O–H groups in total. The van der Waals surface area contributed by atoms with E-state index in [1.165, 1.54) is 0 Å². The Labute approximate surface area is 152 Å². The highest BCUT2D eigenvalue weighted by atomic mass is 16.5. The van der Waals surface area contributed by atoms with E-state index in [1.807, 2.05) is 0 Å². The van der Waals surface area contributed by atoms with Gasteiger partial charge in [0.25, 0.3) is 5.88 Å². The highest BCUT2D eigenvalue weighted by Crippen LogP contribution is 2.33. The van der Waals surface area contributed by atoms with Gasteiger partial charge in [-0.3, -0.25) is 0 Å². The molecule has 1 aromatic heterocycles. The highest BCUT2D eigenvalue weighted by molar-refractivity contribution is 5.74. The van der Waals surface area contributed by atoms with E-state index in [-0.39, 0.29) is 6.10 Å². The van der Waals surface area contributed by atoms with Gasteiger partial charge >= 0.3 is 0 Å². The molecule has 0 saturated carbocycles. The second-order valence-electron chi connectivity index (χ2n) is 6.73. The Morgan fingerprint density at radius 2 is 1.96 bits per heavy atom. The van der Waals surface area contributed by atoms with Crippen LogP contribution in [-0.4, -0.2) is 24.2 Å². The van der Waals surface area contributed by atoms with Crippen molar-refractivity contribution < 1.29 is 9.47 Å². The number of methoxy groups -OCH3 is 1. The summed E-state index contributed by atoms with van der Waals surface area (Å²) in [5.74, 6) is 1.78. The van der Waals surface area contributed by atoms with Crippen LogP contribution in [0.1, 0.15) is 58.7 Å². The van der Waals surface area contributed by atoms with Crippen molar-refractivity contribution in [2.24, 2.45) is 5.92 Å². The molecule has 2 heterocycles. The number of pyridine rings is 1. The van der Waals surface area contributed by atoms with Crippen molar-refractivity contribution in [1.29, 1.82) is 0 Å². The molecule has 4 heteroatoms. The van der Waals surface area contributed by atoms with E-state index in [1.54, 1.807) is 7.11 Å². The summed E-state index contributed by atoms with van der Waals surface area (Å²) in [5, 5.41) is 3.34. The molecule has 0 aliphatic carbocycles. The fraction of sp³-hybridized carbons (Fsp3) is 0.571. The highest BCUT2D eigenvalue weighted by Gasteiger charge is 2.19. The number of hydrogen-bond donors (Lipinski definition) is 1. The van der Waals surface area contributed by atoms with E-state index >= 15 is 0 Å². The van der Waals surface area contributed by atoms with Gasteiger partial charge in [-0.15, -0.1) is 0 Å². The van der Waals surface area contributed by atoms with Crippen molar-refractivity contribution >= 4 is 5.57 Å². The minimum atomic E-state index is 0.181. The summed E-state index contributed by atoms with van der Waals surface area (Å²) in [7, 11) is 1.64. The monoisotopic (exact) mass is 343 g/mol. The predicted octanol–water partition coefficient (Wildman–Crippen LogP) is 4.55. The van der Waals surface area contributed by atoms with Gasteiger partial charge in [-0.1, -0.05) is 46.8 Å². The smallest absolute Gasteiger partial charge is 0.257 e. The average molecular weight is 343 g/mol. The number of nitrogens with one attached hydrogen (secondary N) is 1. The number of ether oxygens (including phenoxy) is 2. The molecule has 1 aliphatic heterocycles. The van der Waals surface area contributed by atoms with Gasteiger partial charge in [0.05, 0.1) is 25.1 Å². The second kappa shape index (κ2) is 8.93. The van der Waals surface area contributed by atoms with Crippen molar-refractivity contribution in [2.75, 3.05) is 7.11 Å². The Bertz CT molecular complexity index is 631. The molecule has 0 amide bonds. The lowest BCUT2D eigenvalue weighted by Crippen LogP contribution is -2.30. The standard InChI is InChI=1S/C21H31N2O2/c1-7-15-12-19(25-17(8-2)9-3)21(24-6)23-20(15)16-10-11-18(14(4)5)22-13-16/h10-12,14,17-18,22H,7-9H2,1-6H3. The summed E-state index contributed by atoms with van der Waals surface area (Å²) in [6.07, 6.45) is 10.6. The number of rotatable bonds is 8. The molecule has 0 bridgehead atoms. The van der Waals surface area contributed by atoms with E-state index in [0.29, 0.717) is 17.8 Å². The Kier molecular flexibility index (Phi) is 6.91. The largest absolute Gasteiger partial charge is 0.485 e. The van der Waals surface area contributed by atoms with Crippen LogP contribution in [0.2, 0.25) is 0 Å². The average Bonchev–Trinajstić information content (AvgIpc) is 2.65. The van der Waals surface area contributed by atoms with Crippen LogP contribution in [0.25, 0.3) is 5.57 Å². The SMILES string of the molecule is CCc1cc(OC(CC)CC)c(OC)nc1C1=[C]NC(C(C)C)C=C1. The minimum Gasteiger partial charge on any atom is -0.485 e. The van der Waals surface area contributed by atoms with E-state index < -0.39 is 0 Å². The van der Waals surface area contributed by atoms with Crippen LogP contribution in [0.4, 0.5) is 0 Å². The number of aryl methyl sites for hydroxylation is 1. The van der Waals surface area contributed by atoms with Crippen molar-refractivity contribution in [3.63, 3.8) is 0 Å². The maximum absolute atomic E-state index is 6.12. The normalized spacial score (nSPS) is 16.8.